The number of alkyl carbamates (subject to hydrolysis) is 1. The molecule has 1 unspecified atom stereocenters. The smallest absolute Gasteiger partial charge is 0.406 e. The Morgan fingerprint density at radius 1 is 1.24 bits per heavy atom. The van der Waals surface area contributed by atoms with Crippen LogP contribution in [0.25, 0.3) is 0 Å². The summed E-state index contributed by atoms with van der Waals surface area (Å²) in [5, 5.41) is 9.30. The van der Waals surface area contributed by atoms with E-state index in [9.17, 15) is 14.0 Å². The molecule has 2 aliphatic rings. The maximum Gasteiger partial charge on any atom is 0.406 e. The molecule has 9 nitrogen and oxygen atoms in total. The number of likely N-dealkylation sites (tertiary alicyclic amines) is 1. The van der Waals surface area contributed by atoms with Crippen LogP contribution in [0, 0.1) is 17.7 Å². The van der Waals surface area contributed by atoms with Gasteiger partial charge in [-0.15, -0.1) is 0 Å². The number of amides is 3. The number of methoxy groups -OCH3 is 1. The normalized spacial score (nSPS) is 21.7. The summed E-state index contributed by atoms with van der Waals surface area (Å²) < 4.78 is 30.7. The Kier molecular flexibility index (Phi) is 12.9. The number of benzene rings is 1. The molecule has 0 aromatic heterocycles. The minimum Gasteiger partial charge on any atom is -0.453 e. The summed E-state index contributed by atoms with van der Waals surface area (Å²) in [6.07, 6.45) is 4.79. The predicted molar refractivity (Wildman–Crippen MR) is 144 cm³/mol. The zero-order valence-electron chi connectivity index (χ0n) is 22.5. The number of likely N-dealkylation sites (N-methyl/N-ethyl adjacent to an activating group) is 1. The lowest BCUT2D eigenvalue weighted by Crippen LogP contribution is -2.52. The summed E-state index contributed by atoms with van der Waals surface area (Å²) in [6.45, 7) is 3.77. The van der Waals surface area contributed by atoms with Gasteiger partial charge in [-0.3, -0.25) is 0 Å². The highest BCUT2D eigenvalue weighted by Crippen LogP contribution is 2.34. The van der Waals surface area contributed by atoms with Crippen molar-refractivity contribution in [2.75, 3.05) is 60.2 Å². The fourth-order valence-electron chi connectivity index (χ4n) is 5.36. The van der Waals surface area contributed by atoms with Crippen molar-refractivity contribution in [3.63, 3.8) is 0 Å². The molecule has 3 N–H and O–H groups in total. The van der Waals surface area contributed by atoms with Gasteiger partial charge in [0, 0.05) is 56.4 Å². The SMILES string of the molecule is CNC[C@H](C[C@H]1CCCCOC1)NC(=O)N1CCC[C@@H](C(OCCNC(=O)OC)c2cc(F)cc(Cl)c2)C1. The number of urea groups is 1. The number of carbonyl (C=O) groups is 2. The van der Waals surface area contributed by atoms with Gasteiger partial charge in [-0.1, -0.05) is 18.0 Å². The lowest BCUT2D eigenvalue weighted by atomic mass is 9.88. The molecule has 0 spiro atoms. The molecule has 2 fully saturated rings. The maximum atomic E-state index is 14.2. The third-order valence-electron chi connectivity index (χ3n) is 7.14. The van der Waals surface area contributed by atoms with E-state index in [0.717, 1.165) is 51.7 Å². The summed E-state index contributed by atoms with van der Waals surface area (Å²) in [7, 11) is 3.18. The van der Waals surface area contributed by atoms with Crippen LogP contribution in [0.1, 0.15) is 50.2 Å². The highest BCUT2D eigenvalue weighted by atomic mass is 35.5. The molecule has 1 aromatic carbocycles. The van der Waals surface area contributed by atoms with Crippen molar-refractivity contribution in [1.82, 2.24) is 20.9 Å². The Balaban J connectivity index is 1.65. The number of hydrogen-bond donors (Lipinski definition) is 3. The number of halogens is 2. The zero-order valence-corrected chi connectivity index (χ0v) is 23.2. The van der Waals surface area contributed by atoms with Crippen LogP contribution >= 0.6 is 11.6 Å². The van der Waals surface area contributed by atoms with Gasteiger partial charge in [-0.2, -0.15) is 0 Å². The molecule has 0 radical (unpaired) electrons. The fourth-order valence-corrected chi connectivity index (χ4v) is 5.59. The molecule has 0 bridgehead atoms. The number of ether oxygens (including phenoxy) is 3. The summed E-state index contributed by atoms with van der Waals surface area (Å²) in [4.78, 5) is 26.6. The second-order valence-corrected chi connectivity index (χ2v) is 10.6. The second-order valence-electron chi connectivity index (χ2n) is 10.1. The minimum atomic E-state index is -0.550. The lowest BCUT2D eigenvalue weighted by Gasteiger charge is -2.38. The van der Waals surface area contributed by atoms with Crippen LogP contribution in [0.4, 0.5) is 14.0 Å². The van der Waals surface area contributed by atoms with Crippen LogP contribution in [-0.4, -0.2) is 83.2 Å². The van der Waals surface area contributed by atoms with E-state index in [-0.39, 0.29) is 36.2 Å². The van der Waals surface area contributed by atoms with Crippen LogP contribution in [0.2, 0.25) is 5.02 Å². The van der Waals surface area contributed by atoms with E-state index >= 15 is 0 Å². The molecule has 3 amide bonds. The van der Waals surface area contributed by atoms with Crippen LogP contribution in [0.5, 0.6) is 0 Å². The van der Waals surface area contributed by atoms with Crippen LogP contribution < -0.4 is 16.0 Å². The molecular formula is C27H42ClFN4O5. The summed E-state index contributed by atoms with van der Waals surface area (Å²) in [6, 6.07) is 4.26. The van der Waals surface area contributed by atoms with Crippen molar-refractivity contribution in [1.29, 1.82) is 0 Å². The highest BCUT2D eigenvalue weighted by molar-refractivity contribution is 6.30. The molecule has 2 heterocycles. The molecule has 1 aromatic rings. The Morgan fingerprint density at radius 2 is 2.08 bits per heavy atom. The van der Waals surface area contributed by atoms with Gasteiger partial charge in [0.1, 0.15) is 5.82 Å². The number of hydrogen-bond acceptors (Lipinski definition) is 6. The number of rotatable bonds is 11. The minimum absolute atomic E-state index is 0.00181. The first-order valence-corrected chi connectivity index (χ1v) is 13.9. The Morgan fingerprint density at radius 3 is 2.84 bits per heavy atom. The Bertz CT molecular complexity index is 867. The first-order valence-electron chi connectivity index (χ1n) is 13.6. The number of piperidine rings is 1. The van der Waals surface area contributed by atoms with Crippen LogP contribution in [-0.2, 0) is 14.2 Å². The van der Waals surface area contributed by atoms with Crippen molar-refractivity contribution in [3.05, 3.63) is 34.6 Å². The Hall–Kier alpha value is -2.14. The predicted octanol–water partition coefficient (Wildman–Crippen LogP) is 4.11. The first kappa shape index (κ1) is 30.4. The van der Waals surface area contributed by atoms with Gasteiger partial charge in [-0.25, -0.2) is 14.0 Å². The third-order valence-corrected chi connectivity index (χ3v) is 7.36. The monoisotopic (exact) mass is 556 g/mol. The summed E-state index contributed by atoms with van der Waals surface area (Å²) in [5.41, 5.74) is 0.613. The molecule has 0 aliphatic carbocycles. The average molecular weight is 557 g/mol. The van der Waals surface area contributed by atoms with E-state index in [1.54, 1.807) is 6.07 Å². The second kappa shape index (κ2) is 16.1. The van der Waals surface area contributed by atoms with Gasteiger partial charge in [0.25, 0.3) is 0 Å². The Labute approximate surface area is 230 Å². The molecular weight excluding hydrogens is 515 g/mol. The summed E-state index contributed by atoms with van der Waals surface area (Å²) >= 11 is 6.15. The lowest BCUT2D eigenvalue weighted by molar-refractivity contribution is -0.00882. The van der Waals surface area contributed by atoms with Crippen molar-refractivity contribution < 1.29 is 28.2 Å². The van der Waals surface area contributed by atoms with Crippen molar-refractivity contribution >= 4 is 23.7 Å². The van der Waals surface area contributed by atoms with Gasteiger partial charge < -0.3 is 35.1 Å². The molecule has 38 heavy (non-hydrogen) atoms. The maximum absolute atomic E-state index is 14.2. The molecule has 11 heteroatoms. The van der Waals surface area contributed by atoms with Gasteiger partial charge in [0.2, 0.25) is 0 Å². The number of carbonyl (C=O) groups excluding carboxylic acids is 2. The fraction of sp³-hybridized carbons (Fsp3) is 0.704. The largest absolute Gasteiger partial charge is 0.453 e. The standard InChI is InChI=1S/C27H42ClFN4O5/c1-30-16-24(12-19-6-3-4-10-37-18-19)32-26(34)33-9-5-7-20(17-33)25(38-11-8-31-27(35)36-2)21-13-22(28)15-23(29)14-21/h13-15,19-20,24-25,30H,3-12,16-18H2,1-2H3,(H,31,35)(H,32,34)/t19-,20-,24+,25?/m1/s1. The molecule has 214 valence electrons. The van der Waals surface area contributed by atoms with E-state index in [4.69, 9.17) is 21.1 Å². The molecule has 0 saturated carbocycles. The van der Waals surface area contributed by atoms with Crippen molar-refractivity contribution in [2.45, 2.75) is 50.7 Å². The van der Waals surface area contributed by atoms with Gasteiger partial charge in [0.05, 0.1) is 19.8 Å². The number of nitrogens with zero attached hydrogens (tertiary/aromatic N) is 1. The van der Waals surface area contributed by atoms with Gasteiger partial charge in [0.15, 0.2) is 0 Å². The summed E-state index contributed by atoms with van der Waals surface area (Å²) in [5.74, 6) is -0.0838. The van der Waals surface area contributed by atoms with E-state index in [0.29, 0.717) is 31.1 Å². The average Bonchev–Trinajstić information content (AvgIpc) is 3.16. The van der Waals surface area contributed by atoms with Gasteiger partial charge >= 0.3 is 12.1 Å². The number of nitrogens with one attached hydrogen (secondary N) is 3. The highest BCUT2D eigenvalue weighted by Gasteiger charge is 2.32. The quantitative estimate of drug-likeness (QED) is 0.355. The molecule has 3 rings (SSSR count). The first-order chi connectivity index (χ1) is 18.4. The van der Waals surface area contributed by atoms with Gasteiger partial charge in [-0.05, 0) is 68.8 Å². The van der Waals surface area contributed by atoms with Crippen molar-refractivity contribution in [2.24, 2.45) is 11.8 Å². The topological polar surface area (TPSA) is 101 Å². The third kappa shape index (κ3) is 9.87. The zero-order chi connectivity index (χ0) is 27.3. The van der Waals surface area contributed by atoms with Crippen LogP contribution in [0.3, 0.4) is 0 Å². The van der Waals surface area contributed by atoms with E-state index in [1.807, 2.05) is 11.9 Å². The molecule has 4 atom stereocenters. The van der Waals surface area contributed by atoms with Crippen LogP contribution in [0.15, 0.2) is 18.2 Å². The van der Waals surface area contributed by atoms with E-state index < -0.39 is 18.0 Å². The van der Waals surface area contributed by atoms with Crippen molar-refractivity contribution in [3.8, 4) is 0 Å². The molecule has 2 aliphatic heterocycles. The molecule has 2 saturated heterocycles. The van der Waals surface area contributed by atoms with E-state index in [2.05, 4.69) is 20.7 Å². The van der Waals surface area contributed by atoms with E-state index in [1.165, 1.54) is 19.2 Å².